The van der Waals surface area contributed by atoms with E-state index in [1.54, 1.807) is 14.2 Å². The fourth-order valence-corrected chi connectivity index (χ4v) is 2.22. The molecule has 0 heterocycles. The molecule has 4 nitrogen and oxygen atoms in total. The Morgan fingerprint density at radius 3 is 2.55 bits per heavy atom. The number of nitrogens with zero attached hydrogens (tertiary/aromatic N) is 1. The average molecular weight is 295 g/mol. The minimum absolute atomic E-state index is 0.758. The predicted molar refractivity (Wildman–Crippen MR) is 88.8 cm³/mol. The van der Waals surface area contributed by atoms with E-state index in [9.17, 15) is 0 Å². The van der Waals surface area contributed by atoms with Gasteiger partial charge in [0.15, 0.2) is 5.96 Å². The average Bonchev–Trinajstić information content (AvgIpc) is 2.50. The molecular formula is C15H25N3OS. The minimum Gasteiger partial charge on any atom is -0.497 e. The van der Waals surface area contributed by atoms with Crippen molar-refractivity contribution in [3.63, 3.8) is 0 Å². The van der Waals surface area contributed by atoms with Crippen molar-refractivity contribution >= 4 is 17.7 Å². The van der Waals surface area contributed by atoms with E-state index in [0.717, 1.165) is 24.8 Å². The van der Waals surface area contributed by atoms with Crippen LogP contribution in [0.4, 0.5) is 0 Å². The summed E-state index contributed by atoms with van der Waals surface area (Å²) in [5, 5.41) is 6.63. The third-order valence-corrected chi connectivity index (χ3v) is 3.61. The van der Waals surface area contributed by atoms with Crippen molar-refractivity contribution in [2.45, 2.75) is 19.4 Å². The van der Waals surface area contributed by atoms with Crippen LogP contribution in [-0.4, -0.2) is 38.7 Å². The van der Waals surface area contributed by atoms with Crippen molar-refractivity contribution in [3.8, 4) is 5.75 Å². The molecule has 0 aliphatic rings. The van der Waals surface area contributed by atoms with Gasteiger partial charge >= 0.3 is 0 Å². The van der Waals surface area contributed by atoms with Crippen LogP contribution >= 0.6 is 11.8 Å². The second kappa shape index (κ2) is 10.4. The SMILES string of the molecule is CN=C(NCCCCSC)NCc1ccc(OC)cc1. The lowest BCUT2D eigenvalue weighted by Gasteiger charge is -2.12. The Morgan fingerprint density at radius 2 is 1.95 bits per heavy atom. The standard InChI is InChI=1S/C15H25N3OS/c1-16-15(17-10-4-5-11-20-3)18-12-13-6-8-14(19-2)9-7-13/h6-9H,4-5,10-12H2,1-3H3,(H2,16,17,18). The second-order valence-electron chi connectivity index (χ2n) is 4.40. The smallest absolute Gasteiger partial charge is 0.191 e. The first kappa shape index (κ1) is 16.7. The first-order valence-corrected chi connectivity index (χ1v) is 8.26. The van der Waals surface area contributed by atoms with E-state index in [0.29, 0.717) is 0 Å². The molecule has 2 N–H and O–H groups in total. The van der Waals surface area contributed by atoms with Crippen molar-refractivity contribution < 1.29 is 4.74 Å². The summed E-state index contributed by atoms with van der Waals surface area (Å²) in [6.07, 6.45) is 4.55. The Kier molecular flexibility index (Phi) is 8.71. The van der Waals surface area contributed by atoms with Crippen molar-refractivity contribution in [1.82, 2.24) is 10.6 Å². The van der Waals surface area contributed by atoms with E-state index in [1.807, 2.05) is 23.9 Å². The van der Waals surface area contributed by atoms with E-state index in [4.69, 9.17) is 4.74 Å². The van der Waals surface area contributed by atoms with E-state index in [1.165, 1.54) is 24.2 Å². The summed E-state index contributed by atoms with van der Waals surface area (Å²) in [6.45, 7) is 1.72. The number of benzene rings is 1. The highest BCUT2D eigenvalue weighted by Crippen LogP contribution is 2.10. The van der Waals surface area contributed by atoms with Crippen molar-refractivity contribution in [3.05, 3.63) is 29.8 Å². The Balaban J connectivity index is 2.26. The monoisotopic (exact) mass is 295 g/mol. The molecule has 0 aliphatic heterocycles. The summed E-state index contributed by atoms with van der Waals surface area (Å²) in [5.74, 6) is 2.95. The fraction of sp³-hybridized carbons (Fsp3) is 0.533. The largest absolute Gasteiger partial charge is 0.497 e. The molecule has 0 radical (unpaired) electrons. The first-order chi connectivity index (χ1) is 9.80. The topological polar surface area (TPSA) is 45.7 Å². The van der Waals surface area contributed by atoms with Gasteiger partial charge in [0.25, 0.3) is 0 Å². The highest BCUT2D eigenvalue weighted by molar-refractivity contribution is 7.98. The molecule has 0 fully saturated rings. The molecule has 0 aliphatic carbocycles. The molecule has 0 atom stereocenters. The number of rotatable bonds is 8. The molecule has 1 aromatic carbocycles. The van der Waals surface area contributed by atoms with Crippen LogP contribution in [0.25, 0.3) is 0 Å². The highest BCUT2D eigenvalue weighted by atomic mass is 32.2. The minimum atomic E-state index is 0.758. The summed E-state index contributed by atoms with van der Waals surface area (Å²) in [7, 11) is 3.47. The van der Waals surface area contributed by atoms with Crippen molar-refractivity contribution in [2.24, 2.45) is 4.99 Å². The summed E-state index contributed by atoms with van der Waals surface area (Å²) in [4.78, 5) is 4.22. The quantitative estimate of drug-likeness (QED) is 0.439. The molecule has 1 aromatic rings. The zero-order valence-electron chi connectivity index (χ0n) is 12.6. The number of thioether (sulfide) groups is 1. The molecule has 112 valence electrons. The fourth-order valence-electron chi connectivity index (χ4n) is 1.73. The van der Waals surface area contributed by atoms with Crippen LogP contribution in [-0.2, 0) is 6.54 Å². The number of aliphatic imine (C=N–C) groups is 1. The molecule has 0 amide bonds. The number of hydrogen-bond donors (Lipinski definition) is 2. The van der Waals surface area contributed by atoms with E-state index in [2.05, 4.69) is 34.0 Å². The van der Waals surface area contributed by atoms with Gasteiger partial charge in [-0.2, -0.15) is 11.8 Å². The van der Waals surface area contributed by atoms with Gasteiger partial charge in [0.05, 0.1) is 7.11 Å². The molecule has 0 bridgehead atoms. The van der Waals surface area contributed by atoms with E-state index < -0.39 is 0 Å². The zero-order chi connectivity index (χ0) is 14.6. The van der Waals surface area contributed by atoms with Gasteiger partial charge in [0, 0.05) is 20.1 Å². The normalized spacial score (nSPS) is 11.2. The Labute approximate surface area is 126 Å². The van der Waals surface area contributed by atoms with Crippen LogP contribution in [0.2, 0.25) is 0 Å². The molecule has 0 spiro atoms. The summed E-state index contributed by atoms with van der Waals surface area (Å²) in [6, 6.07) is 8.04. The van der Waals surface area contributed by atoms with Crippen molar-refractivity contribution in [1.29, 1.82) is 0 Å². The van der Waals surface area contributed by atoms with Crippen LogP contribution in [0.5, 0.6) is 5.75 Å². The number of guanidine groups is 1. The third-order valence-electron chi connectivity index (χ3n) is 2.91. The van der Waals surface area contributed by atoms with E-state index in [-0.39, 0.29) is 0 Å². The lowest BCUT2D eigenvalue weighted by molar-refractivity contribution is 0.414. The van der Waals surface area contributed by atoms with Crippen LogP contribution in [0.1, 0.15) is 18.4 Å². The van der Waals surface area contributed by atoms with Gasteiger partial charge in [0.2, 0.25) is 0 Å². The molecule has 20 heavy (non-hydrogen) atoms. The van der Waals surface area contributed by atoms with Gasteiger partial charge in [-0.1, -0.05) is 12.1 Å². The molecule has 0 unspecified atom stereocenters. The maximum Gasteiger partial charge on any atom is 0.191 e. The van der Waals surface area contributed by atoms with Gasteiger partial charge < -0.3 is 15.4 Å². The van der Waals surface area contributed by atoms with Crippen LogP contribution < -0.4 is 15.4 Å². The Morgan fingerprint density at radius 1 is 1.20 bits per heavy atom. The van der Waals surface area contributed by atoms with Gasteiger partial charge in [-0.3, -0.25) is 4.99 Å². The van der Waals surface area contributed by atoms with Gasteiger partial charge in [-0.25, -0.2) is 0 Å². The van der Waals surface area contributed by atoms with Crippen molar-refractivity contribution in [2.75, 3.05) is 32.7 Å². The third kappa shape index (κ3) is 6.70. The van der Waals surface area contributed by atoms with Gasteiger partial charge in [0.1, 0.15) is 5.75 Å². The second-order valence-corrected chi connectivity index (χ2v) is 5.39. The molecule has 5 heteroatoms. The Hall–Kier alpha value is -1.36. The lowest BCUT2D eigenvalue weighted by Crippen LogP contribution is -2.37. The highest BCUT2D eigenvalue weighted by Gasteiger charge is 1.98. The van der Waals surface area contributed by atoms with Gasteiger partial charge in [-0.15, -0.1) is 0 Å². The number of hydrogen-bond acceptors (Lipinski definition) is 3. The summed E-state index contributed by atoms with van der Waals surface area (Å²) >= 11 is 1.89. The molecule has 0 saturated heterocycles. The van der Waals surface area contributed by atoms with Crippen LogP contribution in [0, 0.1) is 0 Å². The number of ether oxygens (including phenoxy) is 1. The van der Waals surface area contributed by atoms with Crippen LogP contribution in [0.15, 0.2) is 29.3 Å². The van der Waals surface area contributed by atoms with Gasteiger partial charge in [-0.05, 0) is 42.5 Å². The van der Waals surface area contributed by atoms with Crippen LogP contribution in [0.3, 0.4) is 0 Å². The summed E-state index contributed by atoms with van der Waals surface area (Å²) < 4.78 is 5.14. The molecular weight excluding hydrogens is 270 g/mol. The maximum absolute atomic E-state index is 5.14. The number of unbranched alkanes of at least 4 members (excludes halogenated alkanes) is 1. The molecule has 0 aromatic heterocycles. The Bertz CT molecular complexity index is 393. The zero-order valence-corrected chi connectivity index (χ0v) is 13.4. The lowest BCUT2D eigenvalue weighted by atomic mass is 10.2. The molecule has 1 rings (SSSR count). The van der Waals surface area contributed by atoms with E-state index >= 15 is 0 Å². The maximum atomic E-state index is 5.14. The number of nitrogens with one attached hydrogen (secondary N) is 2. The first-order valence-electron chi connectivity index (χ1n) is 6.86. The molecule has 0 saturated carbocycles. The number of methoxy groups -OCH3 is 1. The summed E-state index contributed by atoms with van der Waals surface area (Å²) in [5.41, 5.74) is 1.20. The predicted octanol–water partition coefficient (Wildman–Crippen LogP) is 2.50.